The third-order valence-corrected chi connectivity index (χ3v) is 6.23. The molecule has 0 radical (unpaired) electrons. The van der Waals surface area contributed by atoms with E-state index in [0.29, 0.717) is 12.5 Å². The van der Waals surface area contributed by atoms with Gasteiger partial charge in [0.1, 0.15) is 12.3 Å². The summed E-state index contributed by atoms with van der Waals surface area (Å²) in [6, 6.07) is 16.0. The van der Waals surface area contributed by atoms with Crippen LogP contribution in [0.2, 0.25) is 0 Å². The number of quaternary nitrogens is 1. The number of rotatable bonds is 7. The van der Waals surface area contributed by atoms with E-state index in [1.165, 1.54) is 18.4 Å². The van der Waals surface area contributed by atoms with Crippen LogP contribution in [0.3, 0.4) is 0 Å². The van der Waals surface area contributed by atoms with Crippen LogP contribution in [-0.4, -0.2) is 44.7 Å². The van der Waals surface area contributed by atoms with Crippen LogP contribution < -0.4 is 9.57 Å². The molecule has 2 fully saturated rings. The fourth-order valence-electron chi connectivity index (χ4n) is 4.06. The Bertz CT molecular complexity index is 958. The van der Waals surface area contributed by atoms with E-state index >= 15 is 0 Å². The summed E-state index contributed by atoms with van der Waals surface area (Å²) >= 11 is 0. The number of hydrogen-bond donors (Lipinski definition) is 1. The quantitative estimate of drug-likeness (QED) is 0.553. The first-order valence-electron chi connectivity index (χ1n) is 9.79. The Morgan fingerprint density at radius 2 is 1.72 bits per heavy atom. The molecule has 2 aromatic rings. The van der Waals surface area contributed by atoms with Gasteiger partial charge in [0.05, 0.1) is 19.4 Å². The van der Waals surface area contributed by atoms with Gasteiger partial charge in [-0.05, 0) is 47.6 Å². The Morgan fingerprint density at radius 3 is 2.28 bits per heavy atom. The average molecular weight is 418 g/mol. The largest absolute Gasteiger partial charge is 0.610 e. The molecule has 0 spiro atoms. The van der Waals surface area contributed by atoms with E-state index in [1.54, 1.807) is 7.11 Å². The summed E-state index contributed by atoms with van der Waals surface area (Å²) < 4.78 is 27.7. The van der Waals surface area contributed by atoms with E-state index < -0.39 is 14.8 Å². The lowest BCUT2D eigenvalue weighted by atomic mass is 10.0. The molecule has 29 heavy (non-hydrogen) atoms. The Kier molecular flexibility index (Phi) is 5.39. The Hall–Kier alpha value is -1.97. The van der Waals surface area contributed by atoms with Crippen molar-refractivity contribution in [3.63, 3.8) is 0 Å². The second-order valence-electron chi connectivity index (χ2n) is 8.13. The standard InChI is InChI=1S/C21H27N3O4S/c1-28-20-11-3-16(4-12-20)13-23-15-24(25,22-29(2,26)27)14-21(23)19-9-7-18(8-10-19)17-5-6-17/h3-4,7-12,17,21-22H,5-6,13-15H2,1-2H3. The van der Waals surface area contributed by atoms with E-state index in [0.717, 1.165) is 23.1 Å². The van der Waals surface area contributed by atoms with E-state index in [-0.39, 0.29) is 19.3 Å². The zero-order chi connectivity index (χ0) is 20.6. The van der Waals surface area contributed by atoms with Crippen molar-refractivity contribution in [1.82, 2.24) is 9.73 Å². The average Bonchev–Trinajstić information content (AvgIpc) is 3.46. The predicted octanol–water partition coefficient (Wildman–Crippen LogP) is 2.87. The van der Waals surface area contributed by atoms with Gasteiger partial charge in [-0.25, -0.2) is 13.3 Å². The molecule has 0 amide bonds. The van der Waals surface area contributed by atoms with Crippen molar-refractivity contribution in [2.75, 3.05) is 26.6 Å². The SMILES string of the molecule is COc1ccc(CN2C[N+]([O-])(NS(C)(=O)=O)CC2c2ccc(C3CC3)cc2)cc1. The van der Waals surface area contributed by atoms with Crippen LogP contribution in [-0.2, 0) is 16.6 Å². The van der Waals surface area contributed by atoms with Gasteiger partial charge in [-0.15, -0.1) is 0 Å². The number of nitrogens with one attached hydrogen (secondary N) is 1. The minimum atomic E-state index is -3.62. The summed E-state index contributed by atoms with van der Waals surface area (Å²) in [5.41, 5.74) is 3.41. The van der Waals surface area contributed by atoms with Crippen molar-refractivity contribution >= 4 is 10.0 Å². The maximum absolute atomic E-state index is 13.2. The van der Waals surface area contributed by atoms with Gasteiger partial charge in [0.2, 0.25) is 0 Å². The Balaban J connectivity index is 1.58. The molecule has 1 heterocycles. The predicted molar refractivity (Wildman–Crippen MR) is 111 cm³/mol. The molecule has 1 saturated carbocycles. The van der Waals surface area contributed by atoms with Gasteiger partial charge in [0.25, 0.3) is 10.0 Å². The highest BCUT2D eigenvalue weighted by Gasteiger charge is 2.41. The third-order valence-electron chi connectivity index (χ3n) is 5.57. The van der Waals surface area contributed by atoms with Gasteiger partial charge in [0.15, 0.2) is 6.67 Å². The van der Waals surface area contributed by atoms with Gasteiger partial charge < -0.3 is 9.94 Å². The van der Waals surface area contributed by atoms with Gasteiger partial charge in [-0.3, -0.25) is 4.76 Å². The van der Waals surface area contributed by atoms with Crippen LogP contribution in [0.15, 0.2) is 48.5 Å². The molecule has 8 heteroatoms. The highest BCUT2D eigenvalue weighted by Crippen LogP contribution is 2.41. The van der Waals surface area contributed by atoms with E-state index in [4.69, 9.17) is 4.74 Å². The topological polar surface area (TPSA) is 81.7 Å². The van der Waals surface area contributed by atoms with Crippen molar-refractivity contribution in [2.24, 2.45) is 0 Å². The molecular formula is C21H27N3O4S. The second-order valence-corrected chi connectivity index (χ2v) is 9.86. The highest BCUT2D eigenvalue weighted by molar-refractivity contribution is 7.88. The monoisotopic (exact) mass is 417 g/mol. The molecule has 156 valence electrons. The molecule has 0 bridgehead atoms. The molecule has 2 unspecified atom stereocenters. The molecule has 1 saturated heterocycles. The summed E-state index contributed by atoms with van der Waals surface area (Å²) in [5.74, 6) is 1.44. The zero-order valence-electron chi connectivity index (χ0n) is 16.7. The van der Waals surface area contributed by atoms with E-state index in [2.05, 4.69) is 29.1 Å². The lowest BCUT2D eigenvalue weighted by molar-refractivity contribution is -0.903. The summed E-state index contributed by atoms with van der Waals surface area (Å²) in [6.45, 7) is 0.729. The highest BCUT2D eigenvalue weighted by atomic mass is 32.2. The third kappa shape index (κ3) is 4.96. The summed E-state index contributed by atoms with van der Waals surface area (Å²) in [5, 5.41) is 13.2. The number of nitrogens with zero attached hydrogens (tertiary/aromatic N) is 2. The van der Waals surface area contributed by atoms with Crippen molar-refractivity contribution < 1.29 is 17.9 Å². The first-order chi connectivity index (χ1) is 13.7. The molecule has 1 N–H and O–H groups in total. The maximum atomic E-state index is 13.2. The number of hydroxylamine groups is 2. The van der Waals surface area contributed by atoms with Gasteiger partial charge >= 0.3 is 0 Å². The molecule has 2 aromatic carbocycles. The smallest absolute Gasteiger partial charge is 0.250 e. The fourth-order valence-corrected chi connectivity index (χ4v) is 4.80. The number of sulfonamides is 1. The molecule has 1 aliphatic carbocycles. The lowest BCUT2D eigenvalue weighted by Gasteiger charge is -2.35. The number of hydrogen-bond acceptors (Lipinski definition) is 5. The van der Waals surface area contributed by atoms with Crippen LogP contribution in [0.25, 0.3) is 0 Å². The van der Waals surface area contributed by atoms with Gasteiger partial charge in [-0.2, -0.15) is 0 Å². The Morgan fingerprint density at radius 1 is 1.10 bits per heavy atom. The van der Waals surface area contributed by atoms with Crippen LogP contribution in [0.5, 0.6) is 5.75 Å². The Labute approximate surface area is 172 Å². The zero-order valence-corrected chi connectivity index (χ0v) is 17.6. The molecule has 7 nitrogen and oxygen atoms in total. The molecule has 4 rings (SSSR count). The van der Waals surface area contributed by atoms with Crippen LogP contribution in [0.1, 0.15) is 41.5 Å². The molecule has 0 aromatic heterocycles. The van der Waals surface area contributed by atoms with Crippen molar-refractivity contribution in [1.29, 1.82) is 0 Å². The van der Waals surface area contributed by atoms with Gasteiger partial charge in [0, 0.05) is 6.54 Å². The van der Waals surface area contributed by atoms with E-state index in [1.807, 2.05) is 29.2 Å². The van der Waals surface area contributed by atoms with Crippen LogP contribution in [0, 0.1) is 5.21 Å². The normalized spacial score (nSPS) is 25.3. The lowest BCUT2D eigenvalue weighted by Crippen LogP contribution is -2.54. The minimum absolute atomic E-state index is 0.0497. The van der Waals surface area contributed by atoms with Crippen molar-refractivity contribution in [3.8, 4) is 5.75 Å². The van der Waals surface area contributed by atoms with Crippen molar-refractivity contribution in [3.05, 3.63) is 70.4 Å². The minimum Gasteiger partial charge on any atom is -0.610 e. The maximum Gasteiger partial charge on any atom is 0.250 e. The second kappa shape index (κ2) is 7.70. The van der Waals surface area contributed by atoms with Crippen molar-refractivity contribution in [2.45, 2.75) is 31.3 Å². The summed E-state index contributed by atoms with van der Waals surface area (Å²) in [7, 11) is -2.00. The summed E-state index contributed by atoms with van der Waals surface area (Å²) in [6.07, 6.45) is 3.51. The fraction of sp³-hybridized carbons (Fsp3) is 0.429. The van der Waals surface area contributed by atoms with E-state index in [9.17, 15) is 13.6 Å². The molecule has 2 atom stereocenters. The summed E-state index contributed by atoms with van der Waals surface area (Å²) in [4.78, 5) is 4.30. The number of benzene rings is 2. The number of methoxy groups -OCH3 is 1. The molecule has 1 aliphatic heterocycles. The van der Waals surface area contributed by atoms with Crippen LogP contribution >= 0.6 is 0 Å². The number of ether oxygens (including phenoxy) is 1. The first-order valence-corrected chi connectivity index (χ1v) is 11.7. The molecule has 2 aliphatic rings. The first kappa shape index (κ1) is 20.3. The molecular weight excluding hydrogens is 390 g/mol. The van der Waals surface area contributed by atoms with Crippen LogP contribution in [0.4, 0.5) is 0 Å². The van der Waals surface area contributed by atoms with Gasteiger partial charge in [-0.1, -0.05) is 41.2 Å².